The van der Waals surface area contributed by atoms with Crippen LogP contribution in [0.4, 0.5) is 18.0 Å². The van der Waals surface area contributed by atoms with Gasteiger partial charge in [-0.3, -0.25) is 0 Å². The fourth-order valence-corrected chi connectivity index (χ4v) is 3.90. The molecule has 2 radical (unpaired) electrons. The molecule has 1 aliphatic heterocycles. The first kappa shape index (κ1) is 20.1. The molecule has 1 aliphatic rings. The van der Waals surface area contributed by atoms with Gasteiger partial charge in [0.05, 0.1) is 0 Å². The number of hydrogen-bond donors (Lipinski definition) is 1. The minimum absolute atomic E-state index is 0.169. The van der Waals surface area contributed by atoms with Crippen molar-refractivity contribution in [1.29, 1.82) is 0 Å². The van der Waals surface area contributed by atoms with Crippen molar-refractivity contribution in [2.45, 2.75) is 18.8 Å². The molecule has 9 nitrogen and oxygen atoms in total. The zero-order valence-corrected chi connectivity index (χ0v) is 16.6. The second-order valence-electron chi connectivity index (χ2n) is 6.41. The summed E-state index contributed by atoms with van der Waals surface area (Å²) >= 11 is 2.12. The molecule has 0 aliphatic carbocycles. The number of nitrogens with zero attached hydrogens (tertiary/aromatic N) is 4. The predicted octanol–water partition coefficient (Wildman–Crippen LogP) is 0.829. The molecule has 1 fully saturated rings. The van der Waals surface area contributed by atoms with Gasteiger partial charge in [0.15, 0.2) is 0 Å². The fourth-order valence-electron chi connectivity index (χ4n) is 3.33. The van der Waals surface area contributed by atoms with Gasteiger partial charge in [-0.05, 0) is 0 Å². The number of carbonyl (C=O) groups excluding carboxylic acids is 2. The van der Waals surface area contributed by atoms with E-state index in [1.807, 2.05) is 0 Å². The van der Waals surface area contributed by atoms with Gasteiger partial charge in [-0.15, -0.1) is 0 Å². The van der Waals surface area contributed by atoms with Crippen LogP contribution >= 0.6 is 0 Å². The van der Waals surface area contributed by atoms with Gasteiger partial charge in [0.2, 0.25) is 0 Å². The van der Waals surface area contributed by atoms with Crippen molar-refractivity contribution >= 4 is 61.2 Å². The number of alkyl halides is 3. The Morgan fingerprint density at radius 3 is 2.70 bits per heavy atom. The van der Waals surface area contributed by atoms with E-state index in [1.165, 1.54) is 17.0 Å². The standard InChI is InChI=1S/C17H10AsF3N4O5/c18-13-12-8-3-7(17(19,20)21)1-2-9(8)24(14(12)23-6-22-13)4-11(26)25-10(15(27)28)5-30-16(25)29/h1-3,6,10H,4-5H2,(H,27,28). The van der Waals surface area contributed by atoms with Gasteiger partial charge >= 0.3 is 174 Å². The summed E-state index contributed by atoms with van der Waals surface area (Å²) in [5.74, 6) is -2.31. The van der Waals surface area contributed by atoms with Crippen molar-refractivity contribution in [1.82, 2.24) is 19.4 Å². The normalized spacial score (nSPS) is 17.0. The molecule has 30 heavy (non-hydrogen) atoms. The topological polar surface area (TPSA) is 115 Å². The van der Waals surface area contributed by atoms with Gasteiger partial charge in [0, 0.05) is 0 Å². The van der Waals surface area contributed by atoms with Gasteiger partial charge < -0.3 is 0 Å². The molecule has 4 rings (SSSR count). The molecule has 1 saturated heterocycles. The molecule has 1 N–H and O–H groups in total. The summed E-state index contributed by atoms with van der Waals surface area (Å²) in [6, 6.07) is 1.51. The van der Waals surface area contributed by atoms with Crippen LogP contribution in [0.15, 0.2) is 24.5 Å². The van der Waals surface area contributed by atoms with Gasteiger partial charge in [-0.25, -0.2) is 0 Å². The van der Waals surface area contributed by atoms with E-state index in [0.717, 1.165) is 12.1 Å². The second-order valence-corrected chi connectivity index (χ2v) is 7.30. The molecule has 1 unspecified atom stereocenters. The zero-order valence-electron chi connectivity index (χ0n) is 14.8. The number of carbonyl (C=O) groups is 3. The van der Waals surface area contributed by atoms with Crippen LogP contribution in [0.3, 0.4) is 0 Å². The molecular formula is C17H10AsF3N4O5. The first-order valence-electron chi connectivity index (χ1n) is 8.34. The van der Waals surface area contributed by atoms with Gasteiger partial charge in [0.1, 0.15) is 0 Å². The van der Waals surface area contributed by atoms with Crippen molar-refractivity contribution < 1.29 is 37.4 Å². The maximum absolute atomic E-state index is 13.2. The summed E-state index contributed by atoms with van der Waals surface area (Å²) in [5.41, 5.74) is -0.466. The number of benzene rings is 1. The van der Waals surface area contributed by atoms with Crippen LogP contribution in [0.2, 0.25) is 0 Å². The second kappa shape index (κ2) is 6.98. The summed E-state index contributed by atoms with van der Waals surface area (Å²) in [5, 5.41) is 9.67. The SMILES string of the molecule is O=C(O)C1COC(=O)N1C(=O)Cn1c2ccc(C(F)(F)F)cc2c2c([As])ncnc21. The van der Waals surface area contributed by atoms with Crippen molar-refractivity contribution in [2.75, 3.05) is 6.61 Å². The first-order valence-corrected chi connectivity index (χ1v) is 9.28. The number of aromatic nitrogens is 3. The fraction of sp³-hybridized carbons (Fsp3) is 0.235. The molecule has 154 valence electrons. The summed E-state index contributed by atoms with van der Waals surface area (Å²) in [6.07, 6.45) is -4.50. The quantitative estimate of drug-likeness (QED) is 0.551. The van der Waals surface area contributed by atoms with E-state index in [9.17, 15) is 32.7 Å². The van der Waals surface area contributed by atoms with Crippen molar-refractivity contribution in [3.63, 3.8) is 0 Å². The summed E-state index contributed by atoms with van der Waals surface area (Å²) in [4.78, 5) is 44.5. The number of carboxylic acids is 1. The Morgan fingerprint density at radius 1 is 1.30 bits per heavy atom. The molecule has 0 bridgehead atoms. The van der Waals surface area contributed by atoms with E-state index in [0.29, 0.717) is 14.8 Å². The van der Waals surface area contributed by atoms with Crippen LogP contribution in [0.1, 0.15) is 5.56 Å². The molecule has 2 aromatic heterocycles. The number of hydrogen-bond acceptors (Lipinski definition) is 6. The van der Waals surface area contributed by atoms with E-state index in [2.05, 4.69) is 31.6 Å². The van der Waals surface area contributed by atoms with Gasteiger partial charge in [-0.1, -0.05) is 0 Å². The number of imide groups is 1. The Kier molecular flexibility index (Phi) is 4.68. The molecule has 1 aromatic carbocycles. The number of ether oxygens (including phenoxy) is 1. The number of rotatable bonds is 3. The third-order valence-corrected chi connectivity index (χ3v) is 5.38. The van der Waals surface area contributed by atoms with E-state index in [1.54, 1.807) is 0 Å². The molecule has 3 heterocycles. The van der Waals surface area contributed by atoms with Gasteiger partial charge in [-0.2, -0.15) is 0 Å². The number of halogens is 3. The number of carboxylic acid groups (broad SMARTS) is 1. The van der Waals surface area contributed by atoms with Gasteiger partial charge in [0.25, 0.3) is 0 Å². The monoisotopic (exact) mass is 482 g/mol. The molecule has 0 saturated carbocycles. The van der Waals surface area contributed by atoms with Crippen molar-refractivity contribution in [2.24, 2.45) is 0 Å². The minimum atomic E-state index is -4.58. The molecule has 3 aromatic rings. The van der Waals surface area contributed by atoms with E-state index in [-0.39, 0.29) is 16.6 Å². The van der Waals surface area contributed by atoms with E-state index in [4.69, 9.17) is 0 Å². The van der Waals surface area contributed by atoms with Crippen LogP contribution in [-0.2, 0) is 27.0 Å². The summed E-state index contributed by atoms with van der Waals surface area (Å²) in [6.45, 7) is -1.02. The Morgan fingerprint density at radius 2 is 2.03 bits per heavy atom. The third kappa shape index (κ3) is 3.17. The van der Waals surface area contributed by atoms with Crippen LogP contribution < -0.4 is 4.48 Å². The summed E-state index contributed by atoms with van der Waals surface area (Å²) in [7, 11) is 0. The average molecular weight is 482 g/mol. The Labute approximate surface area is 173 Å². The van der Waals surface area contributed by atoms with Crippen LogP contribution in [-0.4, -0.2) is 72.0 Å². The Hall–Kier alpha value is -3.14. The van der Waals surface area contributed by atoms with E-state index < -0.39 is 48.9 Å². The van der Waals surface area contributed by atoms with E-state index >= 15 is 0 Å². The first-order chi connectivity index (χ1) is 14.1. The zero-order chi connectivity index (χ0) is 21.8. The van der Waals surface area contributed by atoms with Crippen LogP contribution in [0.25, 0.3) is 21.9 Å². The summed E-state index contributed by atoms with van der Waals surface area (Å²) < 4.78 is 45.9. The average Bonchev–Trinajstić information content (AvgIpc) is 3.20. The molecule has 1 atom stereocenters. The van der Waals surface area contributed by atoms with Crippen molar-refractivity contribution in [3.8, 4) is 0 Å². The number of amides is 2. The molecule has 2 amide bonds. The molecule has 0 spiro atoms. The third-order valence-electron chi connectivity index (χ3n) is 4.67. The number of cyclic esters (lactones) is 1. The number of fused-ring (bicyclic) bond motifs is 3. The molecule has 13 heteroatoms. The number of aliphatic carboxylic acids is 1. The predicted molar refractivity (Wildman–Crippen MR) is 95.0 cm³/mol. The Balaban J connectivity index is 1.86. The van der Waals surface area contributed by atoms with Crippen LogP contribution in [0.5, 0.6) is 0 Å². The van der Waals surface area contributed by atoms with Crippen LogP contribution in [0, 0.1) is 0 Å². The molecular weight excluding hydrogens is 472 g/mol. The van der Waals surface area contributed by atoms with Crippen molar-refractivity contribution in [3.05, 3.63) is 30.1 Å². The maximum atomic E-state index is 13.2. The Bertz CT molecular complexity index is 1230.